The van der Waals surface area contributed by atoms with E-state index in [0.29, 0.717) is 11.4 Å². The van der Waals surface area contributed by atoms with Crippen molar-refractivity contribution >= 4 is 28.8 Å². The first-order valence-corrected chi connectivity index (χ1v) is 6.24. The smallest absolute Gasteiger partial charge is 0.224 e. The van der Waals surface area contributed by atoms with E-state index in [4.69, 9.17) is 18.0 Å². The van der Waals surface area contributed by atoms with Crippen molar-refractivity contribution in [3.05, 3.63) is 29.8 Å². The summed E-state index contributed by atoms with van der Waals surface area (Å²) < 4.78 is 0. The van der Waals surface area contributed by atoms with Crippen LogP contribution in [0.1, 0.15) is 38.2 Å². The van der Waals surface area contributed by atoms with Gasteiger partial charge in [-0.2, -0.15) is 0 Å². The predicted molar refractivity (Wildman–Crippen MR) is 75.1 cm³/mol. The van der Waals surface area contributed by atoms with Crippen LogP contribution in [0.3, 0.4) is 0 Å². The normalized spacial score (nSPS) is 9.94. The van der Waals surface area contributed by atoms with Gasteiger partial charge in [0.05, 0.1) is 0 Å². The molecule has 1 aromatic rings. The van der Waals surface area contributed by atoms with Gasteiger partial charge in [0.2, 0.25) is 5.91 Å². The van der Waals surface area contributed by atoms with E-state index in [9.17, 15) is 4.79 Å². The van der Waals surface area contributed by atoms with Gasteiger partial charge in [0, 0.05) is 17.7 Å². The van der Waals surface area contributed by atoms with Crippen molar-refractivity contribution < 1.29 is 4.79 Å². The summed E-state index contributed by atoms with van der Waals surface area (Å²) in [6, 6.07) is 7.24. The number of nitrogens with one attached hydrogen (secondary N) is 1. The molecular formula is C13H18N2OS. The standard InChI is InChI=1S/C13H18N2OS/c1-2-3-4-5-12(16)15-11-8-6-10(7-9-11)13(14)17/h6-9H,2-5H2,1H3,(H2,14,17)(H,15,16). The molecular weight excluding hydrogens is 232 g/mol. The first-order chi connectivity index (χ1) is 8.13. The Bertz CT molecular complexity index is 387. The fraction of sp³-hybridized carbons (Fsp3) is 0.385. The van der Waals surface area contributed by atoms with Gasteiger partial charge in [-0.05, 0) is 30.7 Å². The van der Waals surface area contributed by atoms with Gasteiger partial charge in [-0.3, -0.25) is 4.79 Å². The lowest BCUT2D eigenvalue weighted by molar-refractivity contribution is -0.116. The number of hydrogen-bond donors (Lipinski definition) is 2. The number of rotatable bonds is 6. The molecule has 0 aliphatic heterocycles. The maximum Gasteiger partial charge on any atom is 0.224 e. The Balaban J connectivity index is 2.46. The van der Waals surface area contributed by atoms with Crippen LogP contribution >= 0.6 is 12.2 Å². The molecule has 0 saturated heterocycles. The van der Waals surface area contributed by atoms with Crippen LogP contribution in [-0.4, -0.2) is 10.9 Å². The van der Waals surface area contributed by atoms with E-state index >= 15 is 0 Å². The van der Waals surface area contributed by atoms with Crippen LogP contribution in [0.2, 0.25) is 0 Å². The second-order valence-corrected chi connectivity index (χ2v) is 4.39. The Morgan fingerprint density at radius 3 is 2.47 bits per heavy atom. The SMILES string of the molecule is CCCCCC(=O)Nc1ccc(C(N)=S)cc1. The molecule has 0 bridgehead atoms. The van der Waals surface area contributed by atoms with E-state index in [2.05, 4.69) is 12.2 Å². The highest BCUT2D eigenvalue weighted by Gasteiger charge is 2.02. The molecule has 0 fully saturated rings. The summed E-state index contributed by atoms with van der Waals surface area (Å²) in [7, 11) is 0. The Kier molecular flexibility index (Phi) is 5.63. The molecule has 1 aromatic carbocycles. The Labute approximate surface area is 107 Å². The fourth-order valence-corrected chi connectivity index (χ4v) is 1.61. The van der Waals surface area contributed by atoms with Gasteiger partial charge in [0.15, 0.2) is 0 Å². The Hall–Kier alpha value is -1.42. The van der Waals surface area contributed by atoms with E-state index in [1.54, 1.807) is 0 Å². The summed E-state index contributed by atoms with van der Waals surface area (Å²) in [4.78, 5) is 11.9. The molecule has 4 heteroatoms. The van der Waals surface area contributed by atoms with Crippen LogP contribution in [0.15, 0.2) is 24.3 Å². The van der Waals surface area contributed by atoms with E-state index < -0.39 is 0 Å². The van der Waals surface area contributed by atoms with E-state index in [0.717, 1.165) is 30.5 Å². The van der Waals surface area contributed by atoms with Gasteiger partial charge >= 0.3 is 0 Å². The average molecular weight is 250 g/mol. The van der Waals surface area contributed by atoms with Crippen molar-refractivity contribution in [1.29, 1.82) is 0 Å². The van der Waals surface area contributed by atoms with Crippen LogP contribution in [0.4, 0.5) is 5.69 Å². The third-order valence-corrected chi connectivity index (χ3v) is 2.70. The third-order valence-electron chi connectivity index (χ3n) is 2.46. The van der Waals surface area contributed by atoms with Crippen LogP contribution in [0, 0.1) is 0 Å². The number of unbranched alkanes of at least 4 members (excludes halogenated alkanes) is 2. The van der Waals surface area contributed by atoms with E-state index in [-0.39, 0.29) is 5.91 Å². The summed E-state index contributed by atoms with van der Waals surface area (Å²) in [6.45, 7) is 2.12. The van der Waals surface area contributed by atoms with Crippen LogP contribution in [0.25, 0.3) is 0 Å². The summed E-state index contributed by atoms with van der Waals surface area (Å²) in [5, 5.41) is 2.84. The lowest BCUT2D eigenvalue weighted by Gasteiger charge is -2.05. The second-order valence-electron chi connectivity index (χ2n) is 3.95. The zero-order valence-electron chi connectivity index (χ0n) is 10.0. The number of nitrogens with two attached hydrogens (primary N) is 1. The fourth-order valence-electron chi connectivity index (χ4n) is 1.48. The number of amides is 1. The molecule has 1 amide bonds. The maximum atomic E-state index is 11.5. The van der Waals surface area contributed by atoms with Gasteiger partial charge < -0.3 is 11.1 Å². The molecule has 0 aliphatic rings. The first kappa shape index (κ1) is 13.6. The molecule has 0 saturated carbocycles. The van der Waals surface area contributed by atoms with Gasteiger partial charge in [-0.1, -0.05) is 32.0 Å². The van der Waals surface area contributed by atoms with Crippen LogP contribution in [-0.2, 0) is 4.79 Å². The number of thiocarbonyl (C=S) groups is 1. The minimum absolute atomic E-state index is 0.0570. The van der Waals surface area contributed by atoms with E-state index in [1.165, 1.54) is 0 Å². The molecule has 0 atom stereocenters. The molecule has 0 spiro atoms. The highest BCUT2D eigenvalue weighted by Crippen LogP contribution is 2.10. The first-order valence-electron chi connectivity index (χ1n) is 5.83. The zero-order valence-corrected chi connectivity index (χ0v) is 10.8. The molecule has 0 aromatic heterocycles. The Morgan fingerprint density at radius 1 is 1.29 bits per heavy atom. The van der Waals surface area contributed by atoms with Crippen molar-refractivity contribution in [2.24, 2.45) is 5.73 Å². The number of carbonyl (C=O) groups excluding carboxylic acids is 1. The van der Waals surface area contributed by atoms with E-state index in [1.807, 2.05) is 24.3 Å². The number of hydrogen-bond acceptors (Lipinski definition) is 2. The molecule has 3 nitrogen and oxygen atoms in total. The van der Waals surface area contributed by atoms with Gasteiger partial charge in [-0.15, -0.1) is 0 Å². The molecule has 0 unspecified atom stereocenters. The van der Waals surface area contributed by atoms with Crippen molar-refractivity contribution in [3.8, 4) is 0 Å². The van der Waals surface area contributed by atoms with Crippen molar-refractivity contribution in [3.63, 3.8) is 0 Å². The van der Waals surface area contributed by atoms with Gasteiger partial charge in [-0.25, -0.2) is 0 Å². The molecule has 92 valence electrons. The van der Waals surface area contributed by atoms with Crippen LogP contribution in [0.5, 0.6) is 0 Å². The highest BCUT2D eigenvalue weighted by atomic mass is 32.1. The number of benzene rings is 1. The number of carbonyl (C=O) groups is 1. The molecule has 0 radical (unpaired) electrons. The molecule has 1 rings (SSSR count). The quantitative estimate of drug-likeness (QED) is 0.603. The summed E-state index contributed by atoms with van der Waals surface area (Å²) >= 11 is 4.85. The van der Waals surface area contributed by atoms with Gasteiger partial charge in [0.25, 0.3) is 0 Å². The minimum atomic E-state index is 0.0570. The maximum absolute atomic E-state index is 11.5. The van der Waals surface area contributed by atoms with Gasteiger partial charge in [0.1, 0.15) is 4.99 Å². The van der Waals surface area contributed by atoms with Crippen molar-refractivity contribution in [2.45, 2.75) is 32.6 Å². The van der Waals surface area contributed by atoms with Crippen LogP contribution < -0.4 is 11.1 Å². The predicted octanol–water partition coefficient (Wildman–Crippen LogP) is 2.84. The second kappa shape index (κ2) is 7.01. The summed E-state index contributed by atoms with van der Waals surface area (Å²) in [5.41, 5.74) is 7.08. The third kappa shape index (κ3) is 4.95. The number of anilines is 1. The summed E-state index contributed by atoms with van der Waals surface area (Å²) in [6.07, 6.45) is 3.72. The largest absolute Gasteiger partial charge is 0.389 e. The topological polar surface area (TPSA) is 55.1 Å². The zero-order chi connectivity index (χ0) is 12.7. The molecule has 17 heavy (non-hydrogen) atoms. The molecule has 0 aliphatic carbocycles. The highest BCUT2D eigenvalue weighted by molar-refractivity contribution is 7.80. The average Bonchev–Trinajstić information content (AvgIpc) is 2.30. The lowest BCUT2D eigenvalue weighted by Crippen LogP contribution is -2.12. The molecule has 3 N–H and O–H groups in total. The molecule has 0 heterocycles. The lowest BCUT2D eigenvalue weighted by atomic mass is 10.2. The Morgan fingerprint density at radius 2 is 1.94 bits per heavy atom. The summed E-state index contributed by atoms with van der Waals surface area (Å²) in [5.74, 6) is 0.0570. The minimum Gasteiger partial charge on any atom is -0.389 e. The monoisotopic (exact) mass is 250 g/mol. The van der Waals surface area contributed by atoms with Crippen molar-refractivity contribution in [2.75, 3.05) is 5.32 Å². The van der Waals surface area contributed by atoms with Crippen molar-refractivity contribution in [1.82, 2.24) is 0 Å².